The summed E-state index contributed by atoms with van der Waals surface area (Å²) in [4.78, 5) is 21.1. The average Bonchev–Trinajstić information content (AvgIpc) is 3.33. The Hall–Kier alpha value is -3.89. The second-order valence-corrected chi connectivity index (χ2v) is 7.98. The molecular formula is C23H22N6O3S. The number of ether oxygens (including phenoxy) is 1. The third-order valence-corrected chi connectivity index (χ3v) is 5.56. The molecule has 1 atom stereocenters. The van der Waals surface area contributed by atoms with Crippen LogP contribution in [0.1, 0.15) is 28.9 Å². The van der Waals surface area contributed by atoms with Crippen LogP contribution in [0.5, 0.6) is 5.88 Å². The first-order valence-electron chi connectivity index (χ1n) is 10.3. The maximum absolute atomic E-state index is 12.8. The lowest BCUT2D eigenvalue weighted by Gasteiger charge is -2.18. The summed E-state index contributed by atoms with van der Waals surface area (Å²) in [5, 5.41) is 24.2. The minimum Gasteiger partial charge on any atom is -0.468 e. The van der Waals surface area contributed by atoms with Crippen LogP contribution in [0.4, 0.5) is 10.8 Å². The summed E-state index contributed by atoms with van der Waals surface area (Å²) in [5.74, 6) is -0.0399. The predicted octanol–water partition coefficient (Wildman–Crippen LogP) is 3.79. The van der Waals surface area contributed by atoms with Crippen molar-refractivity contribution in [3.05, 3.63) is 78.2 Å². The zero-order valence-corrected chi connectivity index (χ0v) is 18.6. The molecule has 0 aliphatic carbocycles. The van der Waals surface area contributed by atoms with Crippen LogP contribution in [0.2, 0.25) is 0 Å². The van der Waals surface area contributed by atoms with Gasteiger partial charge in [0.15, 0.2) is 0 Å². The number of hydrogen-bond donors (Lipinski definition) is 3. The molecule has 0 saturated heterocycles. The summed E-state index contributed by atoms with van der Waals surface area (Å²) in [6.07, 6.45) is 4.53. The molecule has 3 aromatic heterocycles. The number of amides is 1. The zero-order valence-electron chi connectivity index (χ0n) is 17.8. The van der Waals surface area contributed by atoms with Gasteiger partial charge < -0.3 is 15.2 Å². The molecule has 3 N–H and O–H groups in total. The molecule has 0 saturated carbocycles. The van der Waals surface area contributed by atoms with Crippen LogP contribution in [0.3, 0.4) is 0 Å². The Balaban J connectivity index is 1.50. The molecule has 1 amide bonds. The molecular weight excluding hydrogens is 440 g/mol. The number of anilines is 2. The van der Waals surface area contributed by atoms with Gasteiger partial charge in [-0.1, -0.05) is 41.7 Å². The van der Waals surface area contributed by atoms with E-state index >= 15 is 0 Å². The number of aliphatic hydroxyl groups is 1. The maximum atomic E-state index is 12.8. The highest BCUT2D eigenvalue weighted by Gasteiger charge is 2.17. The summed E-state index contributed by atoms with van der Waals surface area (Å²) < 4.78 is 6.02. The third-order valence-electron chi connectivity index (χ3n) is 4.67. The lowest BCUT2D eigenvalue weighted by Crippen LogP contribution is -2.15. The zero-order chi connectivity index (χ0) is 23.0. The van der Waals surface area contributed by atoms with Crippen LogP contribution in [0.25, 0.3) is 10.6 Å². The van der Waals surface area contributed by atoms with Gasteiger partial charge in [-0.3, -0.25) is 15.1 Å². The normalized spacial score (nSPS) is 11.6. The van der Waals surface area contributed by atoms with Gasteiger partial charge in [0, 0.05) is 30.7 Å². The Morgan fingerprint density at radius 1 is 1.15 bits per heavy atom. The number of hydrogen-bond acceptors (Lipinski definition) is 9. The van der Waals surface area contributed by atoms with E-state index in [0.717, 1.165) is 11.1 Å². The van der Waals surface area contributed by atoms with E-state index in [2.05, 4.69) is 30.8 Å². The molecule has 4 rings (SSSR count). The molecule has 1 aromatic carbocycles. The number of rotatable bonds is 9. The van der Waals surface area contributed by atoms with Crippen molar-refractivity contribution < 1.29 is 14.6 Å². The van der Waals surface area contributed by atoms with Crippen LogP contribution in [-0.2, 0) is 0 Å². The fourth-order valence-electron chi connectivity index (χ4n) is 3.00. The largest absolute Gasteiger partial charge is 0.468 e. The van der Waals surface area contributed by atoms with Gasteiger partial charge >= 0.3 is 0 Å². The number of benzene rings is 1. The summed E-state index contributed by atoms with van der Waals surface area (Å²) >= 11 is 1.26. The van der Waals surface area contributed by atoms with Crippen LogP contribution in [0, 0.1) is 0 Å². The fraction of sp³-hybridized carbons (Fsp3) is 0.174. The molecule has 0 unspecified atom stereocenters. The van der Waals surface area contributed by atoms with Crippen molar-refractivity contribution in [3.8, 4) is 16.5 Å². The molecule has 10 heteroatoms. The van der Waals surface area contributed by atoms with E-state index in [1.165, 1.54) is 17.5 Å². The van der Waals surface area contributed by atoms with E-state index in [1.54, 1.807) is 18.5 Å². The molecule has 0 spiro atoms. The van der Waals surface area contributed by atoms with Crippen molar-refractivity contribution in [3.63, 3.8) is 0 Å². The van der Waals surface area contributed by atoms with Crippen LogP contribution < -0.4 is 15.4 Å². The number of aliphatic hydroxyl groups excluding tert-OH is 1. The molecule has 4 aromatic rings. The number of carbonyl (C=O) groups excluding carboxylic acids is 1. The summed E-state index contributed by atoms with van der Waals surface area (Å²) in [6, 6.07) is 15.0. The van der Waals surface area contributed by atoms with E-state index < -0.39 is 0 Å². The Kier molecular flexibility index (Phi) is 7.18. The molecule has 33 heavy (non-hydrogen) atoms. The van der Waals surface area contributed by atoms with E-state index in [9.17, 15) is 9.90 Å². The lowest BCUT2D eigenvalue weighted by atomic mass is 10.1. The minimum absolute atomic E-state index is 0.0767. The van der Waals surface area contributed by atoms with E-state index in [0.29, 0.717) is 27.3 Å². The van der Waals surface area contributed by atoms with Gasteiger partial charge in [0.05, 0.1) is 17.9 Å². The van der Waals surface area contributed by atoms with Crippen molar-refractivity contribution in [2.75, 3.05) is 23.8 Å². The Morgan fingerprint density at radius 2 is 1.94 bits per heavy atom. The van der Waals surface area contributed by atoms with Crippen LogP contribution >= 0.6 is 11.3 Å². The molecule has 168 valence electrons. The van der Waals surface area contributed by atoms with Crippen molar-refractivity contribution in [2.45, 2.75) is 13.0 Å². The van der Waals surface area contributed by atoms with Gasteiger partial charge in [0.1, 0.15) is 11.1 Å². The molecule has 0 radical (unpaired) electrons. The fourth-order valence-corrected chi connectivity index (χ4v) is 3.75. The van der Waals surface area contributed by atoms with Crippen LogP contribution in [0.15, 0.2) is 67.1 Å². The Bertz CT molecular complexity index is 1200. The highest BCUT2D eigenvalue weighted by atomic mass is 32.1. The van der Waals surface area contributed by atoms with Gasteiger partial charge in [-0.15, -0.1) is 10.2 Å². The molecule has 0 aliphatic rings. The quantitative estimate of drug-likeness (QED) is 0.343. The van der Waals surface area contributed by atoms with Crippen molar-refractivity contribution in [1.82, 2.24) is 20.2 Å². The summed E-state index contributed by atoms with van der Waals surface area (Å²) in [7, 11) is 0. The number of carbonyl (C=O) groups is 1. The predicted molar refractivity (Wildman–Crippen MR) is 126 cm³/mol. The summed E-state index contributed by atoms with van der Waals surface area (Å²) in [5.41, 5.74) is 2.69. The first-order valence-corrected chi connectivity index (χ1v) is 11.1. The van der Waals surface area contributed by atoms with Gasteiger partial charge in [0.25, 0.3) is 5.91 Å². The molecule has 0 aliphatic heterocycles. The summed E-state index contributed by atoms with van der Waals surface area (Å²) in [6.45, 7) is 2.13. The smallest absolute Gasteiger partial charge is 0.259 e. The second kappa shape index (κ2) is 10.6. The standard InChI is InChI=1S/C23H22N6O3S/c1-15(16-5-3-2-4-6-16)32-21-19(25-11-12-30)13-18(14-26-21)20(31)27-23-29-28-22(33-23)17-7-9-24-10-8-17/h2-10,13-15,25,30H,11-12H2,1H3,(H,27,29,31)/t15-/m0/s1. The molecule has 0 fully saturated rings. The van der Waals surface area contributed by atoms with Gasteiger partial charge in [-0.05, 0) is 30.7 Å². The highest BCUT2D eigenvalue weighted by Crippen LogP contribution is 2.29. The Labute approximate surface area is 194 Å². The van der Waals surface area contributed by atoms with Gasteiger partial charge in [-0.2, -0.15) is 0 Å². The number of nitrogens with one attached hydrogen (secondary N) is 2. The lowest BCUT2D eigenvalue weighted by molar-refractivity contribution is 0.102. The Morgan fingerprint density at radius 3 is 2.70 bits per heavy atom. The monoisotopic (exact) mass is 462 g/mol. The first kappa shape index (κ1) is 22.3. The number of pyridine rings is 2. The van der Waals surface area contributed by atoms with Crippen molar-refractivity contribution in [1.29, 1.82) is 0 Å². The third kappa shape index (κ3) is 5.68. The van der Waals surface area contributed by atoms with Gasteiger partial charge in [-0.25, -0.2) is 4.98 Å². The maximum Gasteiger partial charge on any atom is 0.259 e. The van der Waals surface area contributed by atoms with E-state index in [4.69, 9.17) is 4.74 Å². The topological polar surface area (TPSA) is 122 Å². The molecule has 0 bridgehead atoms. The first-order chi connectivity index (χ1) is 16.1. The SMILES string of the molecule is C[C@H](Oc1ncc(C(=O)Nc2nnc(-c3ccncc3)s2)cc1NCCO)c1ccccc1. The minimum atomic E-state index is -0.380. The highest BCUT2D eigenvalue weighted by molar-refractivity contribution is 7.18. The average molecular weight is 463 g/mol. The van der Waals surface area contributed by atoms with Crippen molar-refractivity contribution in [2.24, 2.45) is 0 Å². The van der Waals surface area contributed by atoms with Crippen molar-refractivity contribution >= 4 is 28.1 Å². The number of aromatic nitrogens is 4. The van der Waals surface area contributed by atoms with E-state index in [1.807, 2.05) is 49.4 Å². The second-order valence-electron chi connectivity index (χ2n) is 7.00. The van der Waals surface area contributed by atoms with E-state index in [-0.39, 0.29) is 25.2 Å². The number of nitrogens with zero attached hydrogens (tertiary/aromatic N) is 4. The molecule has 3 heterocycles. The van der Waals surface area contributed by atoms with Crippen LogP contribution in [-0.4, -0.2) is 44.3 Å². The van der Waals surface area contributed by atoms with Gasteiger partial charge in [0.2, 0.25) is 11.0 Å². The molecule has 9 nitrogen and oxygen atoms in total.